The van der Waals surface area contributed by atoms with Crippen LogP contribution in [0.4, 0.5) is 4.79 Å². The van der Waals surface area contributed by atoms with Crippen molar-refractivity contribution < 1.29 is 14.4 Å². The topological polar surface area (TPSA) is 73.0 Å². The van der Waals surface area contributed by atoms with Crippen molar-refractivity contribution in [2.75, 3.05) is 32.7 Å². The lowest BCUT2D eigenvalue weighted by atomic mass is 10.0. The fourth-order valence-electron chi connectivity index (χ4n) is 3.26. The number of amides is 4. The van der Waals surface area contributed by atoms with Crippen LogP contribution in [0.1, 0.15) is 29.8 Å². The molecule has 0 spiro atoms. The van der Waals surface area contributed by atoms with Gasteiger partial charge >= 0.3 is 6.03 Å². The first-order chi connectivity index (χ1) is 12.0. The van der Waals surface area contributed by atoms with E-state index in [2.05, 4.69) is 24.1 Å². The Morgan fingerprint density at radius 2 is 1.80 bits per heavy atom. The minimum absolute atomic E-state index is 0.0199. The van der Waals surface area contributed by atoms with Crippen molar-refractivity contribution >= 4 is 17.8 Å². The van der Waals surface area contributed by atoms with Crippen molar-refractivity contribution in [1.29, 1.82) is 0 Å². The number of imide groups is 1. The number of hydrogen-bond donors (Lipinski definition) is 1. The molecule has 2 aliphatic heterocycles. The van der Waals surface area contributed by atoms with Crippen LogP contribution in [0.15, 0.2) is 24.3 Å². The number of rotatable bonds is 4. The first-order valence-electron chi connectivity index (χ1n) is 8.67. The van der Waals surface area contributed by atoms with Crippen molar-refractivity contribution in [3.8, 4) is 0 Å². The van der Waals surface area contributed by atoms with Crippen molar-refractivity contribution in [1.82, 2.24) is 20.0 Å². The lowest BCUT2D eigenvalue weighted by molar-refractivity contribution is -0.125. The summed E-state index contributed by atoms with van der Waals surface area (Å²) in [5, 5.41) is 2.50. The lowest BCUT2D eigenvalue weighted by Crippen LogP contribution is -2.50. The Kier molecular flexibility index (Phi) is 5.03. The van der Waals surface area contributed by atoms with Gasteiger partial charge in [-0.1, -0.05) is 18.2 Å². The summed E-state index contributed by atoms with van der Waals surface area (Å²) in [6, 6.07) is 7.28. The third-order valence-electron chi connectivity index (χ3n) is 4.85. The second-order valence-corrected chi connectivity index (χ2v) is 6.72. The van der Waals surface area contributed by atoms with Crippen LogP contribution in [0, 0.1) is 0 Å². The number of piperazine rings is 1. The lowest BCUT2D eigenvalue weighted by Gasteiger charge is -2.37. The van der Waals surface area contributed by atoms with Crippen LogP contribution in [-0.2, 0) is 11.3 Å². The van der Waals surface area contributed by atoms with Crippen LogP contribution in [-0.4, -0.2) is 71.3 Å². The van der Waals surface area contributed by atoms with Crippen LogP contribution in [0.3, 0.4) is 0 Å². The normalized spacial score (nSPS) is 18.8. The zero-order valence-corrected chi connectivity index (χ0v) is 14.7. The van der Waals surface area contributed by atoms with Gasteiger partial charge in [0, 0.05) is 37.8 Å². The SMILES string of the molecule is CC(C)N1CCN(C(=O)c2ccccc2CN2C(=O)CNC2=O)CC1. The Hall–Kier alpha value is -2.41. The Balaban J connectivity index is 1.73. The van der Waals surface area contributed by atoms with Crippen LogP contribution in [0.25, 0.3) is 0 Å². The average Bonchev–Trinajstić information content (AvgIpc) is 2.93. The van der Waals surface area contributed by atoms with Gasteiger partial charge in [0.15, 0.2) is 0 Å². The number of carbonyl (C=O) groups is 3. The molecule has 25 heavy (non-hydrogen) atoms. The fourth-order valence-corrected chi connectivity index (χ4v) is 3.26. The summed E-state index contributed by atoms with van der Waals surface area (Å²) >= 11 is 0. The van der Waals surface area contributed by atoms with Gasteiger partial charge in [-0.2, -0.15) is 0 Å². The molecule has 0 aromatic heterocycles. The van der Waals surface area contributed by atoms with Gasteiger partial charge in [-0.3, -0.25) is 19.4 Å². The molecule has 7 heteroatoms. The van der Waals surface area contributed by atoms with Crippen molar-refractivity contribution in [2.24, 2.45) is 0 Å². The van der Waals surface area contributed by atoms with Gasteiger partial charge in [0.2, 0.25) is 5.91 Å². The largest absolute Gasteiger partial charge is 0.336 e. The Labute approximate surface area is 147 Å². The summed E-state index contributed by atoms with van der Waals surface area (Å²) in [6.45, 7) is 7.56. The molecule has 0 radical (unpaired) electrons. The summed E-state index contributed by atoms with van der Waals surface area (Å²) in [5.41, 5.74) is 1.26. The maximum Gasteiger partial charge on any atom is 0.324 e. The van der Waals surface area contributed by atoms with Crippen LogP contribution >= 0.6 is 0 Å². The number of hydrogen-bond acceptors (Lipinski definition) is 4. The Bertz CT molecular complexity index is 665. The van der Waals surface area contributed by atoms with E-state index in [9.17, 15) is 14.4 Å². The Morgan fingerprint density at radius 3 is 2.40 bits per heavy atom. The molecule has 0 bridgehead atoms. The van der Waals surface area contributed by atoms with E-state index in [1.54, 1.807) is 12.1 Å². The van der Waals surface area contributed by atoms with Gasteiger partial charge in [-0.15, -0.1) is 0 Å². The van der Waals surface area contributed by atoms with Crippen molar-refractivity contribution in [3.63, 3.8) is 0 Å². The highest BCUT2D eigenvalue weighted by atomic mass is 16.2. The summed E-state index contributed by atoms with van der Waals surface area (Å²) in [6.07, 6.45) is 0. The van der Waals surface area contributed by atoms with E-state index in [1.165, 1.54) is 0 Å². The molecular formula is C18H24N4O3. The molecule has 1 aromatic rings. The second-order valence-electron chi connectivity index (χ2n) is 6.72. The monoisotopic (exact) mass is 344 g/mol. The zero-order valence-electron chi connectivity index (χ0n) is 14.7. The van der Waals surface area contributed by atoms with E-state index in [1.807, 2.05) is 17.0 Å². The van der Waals surface area contributed by atoms with Crippen LogP contribution in [0.2, 0.25) is 0 Å². The standard InChI is InChI=1S/C18H24N4O3/c1-13(2)20-7-9-21(10-8-20)17(24)15-6-4-3-5-14(15)12-22-16(23)11-19-18(22)25/h3-6,13H,7-12H2,1-2H3,(H,19,25). The van der Waals surface area contributed by atoms with E-state index in [4.69, 9.17) is 0 Å². The van der Waals surface area contributed by atoms with E-state index >= 15 is 0 Å². The zero-order chi connectivity index (χ0) is 18.0. The maximum atomic E-state index is 12.9. The molecule has 0 unspecified atom stereocenters. The van der Waals surface area contributed by atoms with Crippen LogP contribution < -0.4 is 5.32 Å². The number of benzene rings is 1. The van der Waals surface area contributed by atoms with Crippen molar-refractivity contribution in [3.05, 3.63) is 35.4 Å². The molecule has 1 N–H and O–H groups in total. The average molecular weight is 344 g/mol. The number of carbonyl (C=O) groups excluding carboxylic acids is 3. The van der Waals surface area contributed by atoms with Gasteiger partial charge in [-0.05, 0) is 25.5 Å². The predicted octanol–water partition coefficient (Wildman–Crippen LogP) is 0.905. The van der Waals surface area contributed by atoms with Gasteiger partial charge in [0.25, 0.3) is 5.91 Å². The molecule has 7 nitrogen and oxygen atoms in total. The quantitative estimate of drug-likeness (QED) is 0.824. The minimum Gasteiger partial charge on any atom is -0.336 e. The second kappa shape index (κ2) is 7.23. The smallest absolute Gasteiger partial charge is 0.324 e. The fraction of sp³-hybridized carbons (Fsp3) is 0.500. The summed E-state index contributed by atoms with van der Waals surface area (Å²) in [4.78, 5) is 41.9. The molecule has 0 atom stereocenters. The van der Waals surface area contributed by atoms with E-state index in [0.717, 1.165) is 18.0 Å². The Morgan fingerprint density at radius 1 is 1.12 bits per heavy atom. The number of nitrogens with zero attached hydrogens (tertiary/aromatic N) is 3. The molecule has 2 fully saturated rings. The molecule has 2 heterocycles. The van der Waals surface area contributed by atoms with E-state index in [-0.39, 0.29) is 24.9 Å². The number of urea groups is 1. The first kappa shape index (κ1) is 17.4. The molecule has 2 saturated heterocycles. The van der Waals surface area contributed by atoms with Gasteiger partial charge in [-0.25, -0.2) is 4.79 Å². The highest BCUT2D eigenvalue weighted by molar-refractivity contribution is 6.02. The van der Waals surface area contributed by atoms with E-state index in [0.29, 0.717) is 30.3 Å². The third kappa shape index (κ3) is 3.66. The summed E-state index contributed by atoms with van der Waals surface area (Å²) in [7, 11) is 0. The van der Waals surface area contributed by atoms with Crippen molar-refractivity contribution in [2.45, 2.75) is 26.4 Å². The predicted molar refractivity (Wildman–Crippen MR) is 93.0 cm³/mol. The third-order valence-corrected chi connectivity index (χ3v) is 4.85. The molecule has 3 rings (SSSR count). The van der Waals surface area contributed by atoms with E-state index < -0.39 is 6.03 Å². The molecule has 0 saturated carbocycles. The maximum absolute atomic E-state index is 12.9. The molecule has 1 aromatic carbocycles. The molecule has 134 valence electrons. The van der Waals surface area contributed by atoms with Crippen LogP contribution in [0.5, 0.6) is 0 Å². The number of nitrogens with one attached hydrogen (secondary N) is 1. The first-order valence-corrected chi connectivity index (χ1v) is 8.67. The van der Waals surface area contributed by atoms with Gasteiger partial charge in [0.05, 0.1) is 13.1 Å². The summed E-state index contributed by atoms with van der Waals surface area (Å²) in [5.74, 6) is -0.302. The molecule has 2 aliphatic rings. The van der Waals surface area contributed by atoms with Gasteiger partial charge in [0.1, 0.15) is 0 Å². The highest BCUT2D eigenvalue weighted by Crippen LogP contribution is 2.17. The molecular weight excluding hydrogens is 320 g/mol. The minimum atomic E-state index is -0.405. The molecule has 4 amide bonds. The highest BCUT2D eigenvalue weighted by Gasteiger charge is 2.30. The molecule has 0 aliphatic carbocycles. The van der Waals surface area contributed by atoms with Gasteiger partial charge < -0.3 is 10.2 Å². The summed E-state index contributed by atoms with van der Waals surface area (Å²) < 4.78 is 0.